The average molecular weight is 519 g/mol. The maximum atomic E-state index is 13.6. The van der Waals surface area contributed by atoms with Crippen molar-refractivity contribution in [2.45, 2.75) is 58.5 Å². The number of amides is 1. The molecule has 4 aromatic rings. The first-order chi connectivity index (χ1) is 17.2. The van der Waals surface area contributed by atoms with E-state index in [2.05, 4.69) is 20.4 Å². The van der Waals surface area contributed by atoms with Crippen LogP contribution in [0.1, 0.15) is 54.7 Å². The molecule has 4 rings (SSSR count). The van der Waals surface area contributed by atoms with Gasteiger partial charge in [0, 0.05) is 17.5 Å². The Morgan fingerprint density at radius 1 is 1.16 bits per heavy atom. The van der Waals surface area contributed by atoms with Gasteiger partial charge in [0.15, 0.2) is 5.82 Å². The van der Waals surface area contributed by atoms with Crippen molar-refractivity contribution in [2.75, 3.05) is 0 Å². The Morgan fingerprint density at radius 3 is 2.41 bits per heavy atom. The predicted molar refractivity (Wildman–Crippen MR) is 126 cm³/mol. The molecule has 0 radical (unpaired) electrons. The fourth-order valence-corrected chi connectivity index (χ4v) is 3.96. The molecule has 2 N–H and O–H groups in total. The Bertz CT molecular complexity index is 1440. The van der Waals surface area contributed by atoms with Crippen LogP contribution in [0.5, 0.6) is 0 Å². The minimum absolute atomic E-state index is 0.00421. The van der Waals surface area contributed by atoms with Crippen molar-refractivity contribution < 1.29 is 32.0 Å². The fraction of sp³-hybridized carbons (Fsp3) is 0.360. The molecule has 2 heterocycles. The lowest BCUT2D eigenvalue weighted by Crippen LogP contribution is -2.27. The van der Waals surface area contributed by atoms with Crippen LogP contribution in [0, 0.1) is 12.7 Å². The van der Waals surface area contributed by atoms with Gasteiger partial charge in [-0.3, -0.25) is 4.79 Å². The third-order valence-corrected chi connectivity index (χ3v) is 5.54. The highest BCUT2D eigenvalue weighted by atomic mass is 19.4. The maximum absolute atomic E-state index is 13.6. The SMILES string of the molecule is Cc1noc([C@@H](C)NC(=O)c2cc(-c3ccc(F)cc3)c3nc(CC(C)(C)O)n(CC(F)(F)F)c3c2)n1. The number of alkyl halides is 3. The van der Waals surface area contributed by atoms with Gasteiger partial charge in [0.2, 0.25) is 5.89 Å². The van der Waals surface area contributed by atoms with Gasteiger partial charge < -0.3 is 19.5 Å². The number of rotatable bonds is 7. The molecule has 2 aromatic carbocycles. The number of halogens is 4. The third kappa shape index (κ3) is 6.13. The zero-order valence-corrected chi connectivity index (χ0v) is 20.5. The van der Waals surface area contributed by atoms with Gasteiger partial charge >= 0.3 is 6.18 Å². The highest BCUT2D eigenvalue weighted by Crippen LogP contribution is 2.33. The molecule has 12 heteroatoms. The highest BCUT2D eigenvalue weighted by Gasteiger charge is 2.32. The summed E-state index contributed by atoms with van der Waals surface area (Å²) in [5, 5.41) is 16.7. The first-order valence-corrected chi connectivity index (χ1v) is 11.4. The van der Waals surface area contributed by atoms with Crippen molar-refractivity contribution in [2.24, 2.45) is 0 Å². The van der Waals surface area contributed by atoms with Gasteiger partial charge in [-0.05, 0) is 57.5 Å². The maximum Gasteiger partial charge on any atom is 0.406 e. The summed E-state index contributed by atoms with van der Waals surface area (Å²) in [7, 11) is 0. The first-order valence-electron chi connectivity index (χ1n) is 11.4. The van der Waals surface area contributed by atoms with Gasteiger partial charge in [-0.1, -0.05) is 17.3 Å². The molecule has 196 valence electrons. The Balaban J connectivity index is 1.89. The molecule has 0 aliphatic heterocycles. The van der Waals surface area contributed by atoms with Crippen LogP contribution >= 0.6 is 0 Å². The van der Waals surface area contributed by atoms with Gasteiger partial charge in [0.1, 0.15) is 24.2 Å². The Hall–Kier alpha value is -3.80. The number of fused-ring (bicyclic) bond motifs is 1. The second-order valence-corrected chi connectivity index (χ2v) is 9.49. The molecule has 8 nitrogen and oxygen atoms in total. The summed E-state index contributed by atoms with van der Waals surface area (Å²) in [4.78, 5) is 21.7. The number of hydrogen-bond acceptors (Lipinski definition) is 6. The van der Waals surface area contributed by atoms with Crippen molar-refractivity contribution in [3.63, 3.8) is 0 Å². The lowest BCUT2D eigenvalue weighted by molar-refractivity contribution is -0.140. The summed E-state index contributed by atoms with van der Waals surface area (Å²) >= 11 is 0. The topological polar surface area (TPSA) is 106 Å². The second-order valence-electron chi connectivity index (χ2n) is 9.49. The minimum atomic E-state index is -4.60. The van der Waals surface area contributed by atoms with E-state index in [0.29, 0.717) is 17.0 Å². The molecule has 1 amide bonds. The van der Waals surface area contributed by atoms with E-state index in [4.69, 9.17) is 4.52 Å². The van der Waals surface area contributed by atoms with E-state index in [9.17, 15) is 27.5 Å². The molecule has 2 aromatic heterocycles. The van der Waals surface area contributed by atoms with Gasteiger partial charge in [-0.15, -0.1) is 0 Å². The smallest absolute Gasteiger partial charge is 0.390 e. The molecule has 0 aliphatic carbocycles. The van der Waals surface area contributed by atoms with E-state index in [0.717, 1.165) is 4.57 Å². The Labute approximate surface area is 209 Å². The number of nitrogens with one attached hydrogen (secondary N) is 1. The first kappa shape index (κ1) is 26.3. The summed E-state index contributed by atoms with van der Waals surface area (Å²) in [5.41, 5.74) is -0.279. The zero-order valence-electron chi connectivity index (χ0n) is 20.5. The number of hydrogen-bond donors (Lipinski definition) is 2. The Morgan fingerprint density at radius 2 is 1.84 bits per heavy atom. The van der Waals surface area contributed by atoms with Gasteiger partial charge in [0.05, 0.1) is 16.6 Å². The molecule has 0 fully saturated rings. The predicted octanol–water partition coefficient (Wildman–Crippen LogP) is 4.90. The number of nitrogens with zero attached hydrogens (tertiary/aromatic N) is 4. The minimum Gasteiger partial charge on any atom is -0.390 e. The number of aromatic nitrogens is 4. The molecule has 0 saturated carbocycles. The van der Waals surface area contributed by atoms with Crippen molar-refractivity contribution in [1.29, 1.82) is 0 Å². The largest absolute Gasteiger partial charge is 0.406 e. The average Bonchev–Trinajstić information content (AvgIpc) is 3.35. The van der Waals surface area contributed by atoms with Gasteiger partial charge in [-0.2, -0.15) is 18.2 Å². The highest BCUT2D eigenvalue weighted by molar-refractivity contribution is 6.03. The molecule has 0 bridgehead atoms. The Kier molecular flexibility index (Phi) is 6.80. The van der Waals surface area contributed by atoms with Crippen LogP contribution in [-0.2, 0) is 13.0 Å². The number of benzene rings is 2. The van der Waals surface area contributed by atoms with E-state index in [1.807, 2.05) is 0 Å². The van der Waals surface area contributed by atoms with E-state index in [1.54, 1.807) is 13.8 Å². The number of carbonyl (C=O) groups excluding carboxylic acids is 1. The number of imidazole rings is 1. The standard InChI is InChI=1S/C25H25F4N5O3/c1-13(23-31-14(2)33-37-23)30-22(35)16-9-18(15-5-7-17(26)8-6-15)21-19(10-16)34(12-25(27,28)29)20(32-21)11-24(3,4)36/h5-10,13,36H,11-12H2,1-4H3,(H,30,35)/t13-/m1/s1. The fourth-order valence-electron chi connectivity index (χ4n) is 3.96. The summed E-state index contributed by atoms with van der Waals surface area (Å²) in [6.07, 6.45) is -4.77. The van der Waals surface area contributed by atoms with Crippen LogP contribution in [0.2, 0.25) is 0 Å². The van der Waals surface area contributed by atoms with Gasteiger partial charge in [0.25, 0.3) is 5.91 Å². The summed E-state index contributed by atoms with van der Waals surface area (Å²) in [6.45, 7) is 4.80. The molecular weight excluding hydrogens is 494 g/mol. The summed E-state index contributed by atoms with van der Waals surface area (Å²) in [5.74, 6) is -0.553. The molecule has 0 aliphatic rings. The van der Waals surface area contributed by atoms with Crippen LogP contribution in [-0.4, -0.2) is 42.5 Å². The van der Waals surface area contributed by atoms with E-state index in [-0.39, 0.29) is 34.7 Å². The molecule has 0 spiro atoms. The van der Waals surface area contributed by atoms with Crippen LogP contribution in [0.15, 0.2) is 40.9 Å². The lowest BCUT2D eigenvalue weighted by Gasteiger charge is -2.18. The molecular formula is C25H25F4N5O3. The van der Waals surface area contributed by atoms with Crippen molar-refractivity contribution in [3.05, 3.63) is 65.3 Å². The van der Waals surface area contributed by atoms with Crippen molar-refractivity contribution in [3.8, 4) is 11.1 Å². The van der Waals surface area contributed by atoms with Crippen LogP contribution in [0.3, 0.4) is 0 Å². The monoisotopic (exact) mass is 519 g/mol. The summed E-state index contributed by atoms with van der Waals surface area (Å²) < 4.78 is 60.4. The lowest BCUT2D eigenvalue weighted by atomic mass is 10.0. The van der Waals surface area contributed by atoms with Crippen molar-refractivity contribution >= 4 is 16.9 Å². The third-order valence-electron chi connectivity index (χ3n) is 5.54. The molecule has 37 heavy (non-hydrogen) atoms. The van der Waals surface area contributed by atoms with Crippen LogP contribution < -0.4 is 5.32 Å². The van der Waals surface area contributed by atoms with E-state index >= 15 is 0 Å². The molecule has 1 atom stereocenters. The zero-order chi connectivity index (χ0) is 27.1. The molecule has 0 unspecified atom stereocenters. The number of carbonyl (C=O) groups is 1. The second kappa shape index (κ2) is 9.58. The summed E-state index contributed by atoms with van der Waals surface area (Å²) in [6, 6.07) is 7.44. The quantitative estimate of drug-likeness (QED) is 0.337. The number of aryl methyl sites for hydroxylation is 1. The van der Waals surface area contributed by atoms with E-state index in [1.165, 1.54) is 50.2 Å². The van der Waals surface area contributed by atoms with Crippen LogP contribution in [0.25, 0.3) is 22.2 Å². The van der Waals surface area contributed by atoms with Crippen LogP contribution in [0.4, 0.5) is 17.6 Å². The number of aliphatic hydroxyl groups is 1. The van der Waals surface area contributed by atoms with Gasteiger partial charge in [-0.25, -0.2) is 9.37 Å². The molecule has 0 saturated heterocycles. The van der Waals surface area contributed by atoms with E-state index < -0.39 is 36.1 Å². The van der Waals surface area contributed by atoms with Crippen molar-refractivity contribution in [1.82, 2.24) is 25.0 Å². The normalized spacial score (nSPS) is 13.2.